The second kappa shape index (κ2) is 8.06. The van der Waals surface area contributed by atoms with Crippen LogP contribution in [-0.4, -0.2) is 54.5 Å². The molecule has 1 aromatic rings. The molecule has 1 aliphatic heterocycles. The van der Waals surface area contributed by atoms with E-state index in [1.54, 1.807) is 19.4 Å². The first-order valence-corrected chi connectivity index (χ1v) is 8.02. The molecule has 1 atom stereocenters. The molecule has 1 fully saturated rings. The highest BCUT2D eigenvalue weighted by atomic mass is 16.5. The van der Waals surface area contributed by atoms with Gasteiger partial charge in [0, 0.05) is 50.1 Å². The van der Waals surface area contributed by atoms with Crippen molar-refractivity contribution in [3.63, 3.8) is 0 Å². The second-order valence-corrected chi connectivity index (χ2v) is 6.27. The fourth-order valence-corrected chi connectivity index (χ4v) is 2.78. The summed E-state index contributed by atoms with van der Waals surface area (Å²) in [6.07, 6.45) is 2.90. The lowest BCUT2D eigenvalue weighted by Crippen LogP contribution is -2.30. The zero-order valence-electron chi connectivity index (χ0n) is 14.0. The maximum absolute atomic E-state index is 12.1. The van der Waals surface area contributed by atoms with Crippen molar-refractivity contribution in [2.24, 2.45) is 5.92 Å². The summed E-state index contributed by atoms with van der Waals surface area (Å²) >= 11 is 0. The van der Waals surface area contributed by atoms with Gasteiger partial charge in [0.05, 0.1) is 6.61 Å². The molecular weight excluding hydrogens is 294 g/mol. The van der Waals surface area contributed by atoms with Gasteiger partial charge in [0.2, 0.25) is 5.91 Å². The third-order valence-electron chi connectivity index (χ3n) is 3.86. The molecule has 0 aromatic carbocycles. The highest BCUT2D eigenvalue weighted by Gasteiger charge is 2.29. The molecule has 0 aliphatic carbocycles. The van der Waals surface area contributed by atoms with Crippen LogP contribution in [0.4, 0.5) is 0 Å². The standard InChI is InChI=1S/C17H25N3O3/c1-12(2)19-17(22)14-4-5-18-15(10-14)8-13-9-16(21)20(11-13)6-7-23-3/h4-5,10,12-13H,6-9,11H2,1-3H3,(H,19,22). The van der Waals surface area contributed by atoms with Crippen molar-refractivity contribution in [1.82, 2.24) is 15.2 Å². The minimum Gasteiger partial charge on any atom is -0.383 e. The molecule has 2 rings (SSSR count). The minimum absolute atomic E-state index is 0.0899. The van der Waals surface area contributed by atoms with Crippen molar-refractivity contribution in [1.29, 1.82) is 0 Å². The lowest BCUT2D eigenvalue weighted by Gasteiger charge is -2.16. The first-order valence-electron chi connectivity index (χ1n) is 8.02. The van der Waals surface area contributed by atoms with E-state index < -0.39 is 0 Å². The van der Waals surface area contributed by atoms with Crippen LogP contribution in [-0.2, 0) is 16.0 Å². The molecule has 2 amide bonds. The van der Waals surface area contributed by atoms with Gasteiger partial charge in [0.25, 0.3) is 5.91 Å². The molecule has 1 unspecified atom stereocenters. The molecule has 2 heterocycles. The fourth-order valence-electron chi connectivity index (χ4n) is 2.78. The van der Waals surface area contributed by atoms with Crippen molar-refractivity contribution in [2.75, 3.05) is 26.8 Å². The van der Waals surface area contributed by atoms with Crippen LogP contribution in [0, 0.1) is 5.92 Å². The number of carbonyl (C=O) groups excluding carboxylic acids is 2. The highest BCUT2D eigenvalue weighted by molar-refractivity contribution is 5.94. The number of pyridine rings is 1. The third-order valence-corrected chi connectivity index (χ3v) is 3.86. The average Bonchev–Trinajstić information content (AvgIpc) is 2.84. The smallest absolute Gasteiger partial charge is 0.251 e. The largest absolute Gasteiger partial charge is 0.383 e. The van der Waals surface area contributed by atoms with Crippen LogP contribution in [0.25, 0.3) is 0 Å². The van der Waals surface area contributed by atoms with Crippen LogP contribution in [0.2, 0.25) is 0 Å². The molecular formula is C17H25N3O3. The maximum Gasteiger partial charge on any atom is 0.251 e. The third kappa shape index (κ3) is 5.03. The quantitative estimate of drug-likeness (QED) is 0.821. The average molecular weight is 319 g/mol. The van der Waals surface area contributed by atoms with Crippen molar-refractivity contribution in [3.05, 3.63) is 29.6 Å². The molecule has 6 heteroatoms. The summed E-state index contributed by atoms with van der Waals surface area (Å²) in [4.78, 5) is 30.2. The Labute approximate surface area is 137 Å². The Morgan fingerprint density at radius 1 is 1.52 bits per heavy atom. The summed E-state index contributed by atoms with van der Waals surface area (Å²) < 4.78 is 5.03. The Balaban J connectivity index is 1.96. The van der Waals surface area contributed by atoms with E-state index in [1.165, 1.54) is 0 Å². The van der Waals surface area contributed by atoms with Crippen LogP contribution in [0.15, 0.2) is 18.3 Å². The van der Waals surface area contributed by atoms with E-state index >= 15 is 0 Å². The monoisotopic (exact) mass is 319 g/mol. The predicted molar refractivity (Wildman–Crippen MR) is 87.1 cm³/mol. The number of aromatic nitrogens is 1. The second-order valence-electron chi connectivity index (χ2n) is 6.27. The highest BCUT2D eigenvalue weighted by Crippen LogP contribution is 2.21. The topological polar surface area (TPSA) is 71.5 Å². The molecule has 1 aromatic heterocycles. The molecule has 23 heavy (non-hydrogen) atoms. The van der Waals surface area contributed by atoms with Gasteiger partial charge in [-0.25, -0.2) is 0 Å². The molecule has 0 spiro atoms. The summed E-state index contributed by atoms with van der Waals surface area (Å²) in [6, 6.07) is 3.63. The number of methoxy groups -OCH3 is 1. The first-order chi connectivity index (χ1) is 11.0. The van der Waals surface area contributed by atoms with Gasteiger partial charge < -0.3 is 15.0 Å². The van der Waals surface area contributed by atoms with E-state index in [2.05, 4.69) is 10.3 Å². The number of nitrogens with zero attached hydrogens (tertiary/aromatic N) is 2. The first kappa shape index (κ1) is 17.4. The van der Waals surface area contributed by atoms with Gasteiger partial charge in [-0.1, -0.05) is 0 Å². The summed E-state index contributed by atoms with van der Waals surface area (Å²) in [5.74, 6) is 0.323. The summed E-state index contributed by atoms with van der Waals surface area (Å²) in [5, 5.41) is 2.87. The zero-order valence-corrected chi connectivity index (χ0v) is 14.0. The summed E-state index contributed by atoms with van der Waals surface area (Å²) in [7, 11) is 1.63. The van der Waals surface area contributed by atoms with Gasteiger partial charge in [-0.15, -0.1) is 0 Å². The van der Waals surface area contributed by atoms with E-state index in [0.29, 0.717) is 31.6 Å². The molecule has 6 nitrogen and oxygen atoms in total. The SMILES string of the molecule is COCCN1CC(Cc2cc(C(=O)NC(C)C)ccn2)CC1=O. The van der Waals surface area contributed by atoms with Gasteiger partial charge in [0.1, 0.15) is 0 Å². The van der Waals surface area contributed by atoms with E-state index in [4.69, 9.17) is 4.74 Å². The minimum atomic E-state index is -0.0899. The Kier molecular flexibility index (Phi) is 6.10. The van der Waals surface area contributed by atoms with Crippen molar-refractivity contribution >= 4 is 11.8 Å². The predicted octanol–water partition coefficient (Wildman–Crippen LogP) is 1.26. The van der Waals surface area contributed by atoms with Crippen molar-refractivity contribution in [2.45, 2.75) is 32.7 Å². The number of carbonyl (C=O) groups is 2. The molecule has 1 N–H and O–H groups in total. The normalized spacial score (nSPS) is 17.8. The number of nitrogens with one attached hydrogen (secondary N) is 1. The van der Waals surface area contributed by atoms with Crippen molar-refractivity contribution in [3.8, 4) is 0 Å². The number of rotatable bonds is 7. The Morgan fingerprint density at radius 3 is 3.00 bits per heavy atom. The molecule has 126 valence electrons. The summed E-state index contributed by atoms with van der Waals surface area (Å²) in [6.45, 7) is 5.78. The number of likely N-dealkylation sites (tertiary alicyclic amines) is 1. The number of amides is 2. The Hall–Kier alpha value is -1.95. The lowest BCUT2D eigenvalue weighted by molar-refractivity contribution is -0.128. The molecule has 0 radical (unpaired) electrons. The molecule has 1 aliphatic rings. The van der Waals surface area contributed by atoms with E-state index in [-0.39, 0.29) is 23.8 Å². The molecule has 0 bridgehead atoms. The fraction of sp³-hybridized carbons (Fsp3) is 0.588. The van der Waals surface area contributed by atoms with Crippen molar-refractivity contribution < 1.29 is 14.3 Å². The van der Waals surface area contributed by atoms with Crippen LogP contribution in [0.3, 0.4) is 0 Å². The maximum atomic E-state index is 12.1. The van der Waals surface area contributed by atoms with Gasteiger partial charge >= 0.3 is 0 Å². The number of hydrogen-bond donors (Lipinski definition) is 1. The lowest BCUT2D eigenvalue weighted by atomic mass is 10.0. The van der Waals surface area contributed by atoms with Crippen LogP contribution < -0.4 is 5.32 Å². The van der Waals surface area contributed by atoms with Gasteiger partial charge in [-0.3, -0.25) is 14.6 Å². The van der Waals surface area contributed by atoms with E-state index in [1.807, 2.05) is 24.8 Å². The van der Waals surface area contributed by atoms with Gasteiger partial charge in [0.15, 0.2) is 0 Å². The summed E-state index contributed by atoms with van der Waals surface area (Å²) in [5.41, 5.74) is 1.47. The molecule has 1 saturated heterocycles. The molecule has 0 saturated carbocycles. The van der Waals surface area contributed by atoms with Gasteiger partial charge in [-0.2, -0.15) is 0 Å². The van der Waals surface area contributed by atoms with E-state index in [9.17, 15) is 9.59 Å². The number of hydrogen-bond acceptors (Lipinski definition) is 4. The van der Waals surface area contributed by atoms with E-state index in [0.717, 1.165) is 12.2 Å². The Bertz CT molecular complexity index is 560. The van der Waals surface area contributed by atoms with Gasteiger partial charge in [-0.05, 0) is 38.3 Å². The number of ether oxygens (including phenoxy) is 1. The van der Waals surface area contributed by atoms with Crippen LogP contribution in [0.5, 0.6) is 0 Å². The van der Waals surface area contributed by atoms with Crippen LogP contribution in [0.1, 0.15) is 36.3 Å². The zero-order chi connectivity index (χ0) is 16.8. The van der Waals surface area contributed by atoms with Crippen LogP contribution >= 0.6 is 0 Å². The Morgan fingerprint density at radius 2 is 2.30 bits per heavy atom.